The van der Waals surface area contributed by atoms with Gasteiger partial charge in [-0.2, -0.15) is 0 Å². The molecule has 1 unspecified atom stereocenters. The highest BCUT2D eigenvalue weighted by atomic mass is 16.4. The molecule has 5 heteroatoms. The molecule has 5 nitrogen and oxygen atoms in total. The van der Waals surface area contributed by atoms with Crippen LogP contribution in [-0.4, -0.2) is 41.1 Å². The molecule has 0 saturated carbocycles. The second-order valence-corrected chi connectivity index (χ2v) is 5.77. The number of benzene rings is 1. The molecule has 1 rings (SSSR count). The number of carbonyl (C=O) groups is 2. The molecular formula is C18H28N2O3. The number of nitrogens with one attached hydrogen (secondary N) is 1. The van der Waals surface area contributed by atoms with Gasteiger partial charge in [-0.05, 0) is 38.7 Å². The molecule has 0 aromatic heterocycles. The van der Waals surface area contributed by atoms with E-state index in [4.69, 9.17) is 5.11 Å². The fraction of sp³-hybridized carbons (Fsp3) is 0.556. The zero-order chi connectivity index (χ0) is 17.2. The van der Waals surface area contributed by atoms with Crippen molar-refractivity contribution in [1.82, 2.24) is 10.2 Å². The highest BCUT2D eigenvalue weighted by Gasteiger charge is 2.20. The molecule has 0 aliphatic carbocycles. The molecule has 0 aliphatic heterocycles. The van der Waals surface area contributed by atoms with E-state index < -0.39 is 5.97 Å². The summed E-state index contributed by atoms with van der Waals surface area (Å²) in [5.41, 5.74) is 2.45. The van der Waals surface area contributed by atoms with Gasteiger partial charge in [-0.3, -0.25) is 4.79 Å². The molecule has 128 valence electrons. The predicted molar refractivity (Wildman–Crippen MR) is 91.6 cm³/mol. The molecule has 1 atom stereocenters. The molecule has 2 amide bonds. The van der Waals surface area contributed by atoms with Crippen LogP contribution in [0.3, 0.4) is 0 Å². The molecule has 23 heavy (non-hydrogen) atoms. The van der Waals surface area contributed by atoms with E-state index in [9.17, 15) is 9.59 Å². The van der Waals surface area contributed by atoms with Crippen LogP contribution in [0, 0.1) is 6.92 Å². The van der Waals surface area contributed by atoms with Crippen molar-refractivity contribution in [2.45, 2.75) is 52.5 Å². The van der Waals surface area contributed by atoms with Crippen LogP contribution < -0.4 is 5.32 Å². The Balaban J connectivity index is 2.58. The fourth-order valence-electron chi connectivity index (χ4n) is 2.58. The monoisotopic (exact) mass is 320 g/mol. The second-order valence-electron chi connectivity index (χ2n) is 5.77. The van der Waals surface area contributed by atoms with E-state index in [0.29, 0.717) is 19.5 Å². The van der Waals surface area contributed by atoms with E-state index >= 15 is 0 Å². The average molecular weight is 320 g/mol. The minimum Gasteiger partial charge on any atom is -0.481 e. The number of amides is 2. The number of rotatable bonds is 9. The van der Waals surface area contributed by atoms with Crippen molar-refractivity contribution >= 4 is 12.0 Å². The highest BCUT2D eigenvalue weighted by Crippen LogP contribution is 2.13. The van der Waals surface area contributed by atoms with Crippen LogP contribution in [-0.2, 0) is 11.2 Å². The van der Waals surface area contributed by atoms with Crippen LogP contribution in [0.4, 0.5) is 4.79 Å². The zero-order valence-corrected chi connectivity index (χ0v) is 14.3. The van der Waals surface area contributed by atoms with Gasteiger partial charge in [0.05, 0.1) is 0 Å². The molecule has 2 N–H and O–H groups in total. The Morgan fingerprint density at radius 3 is 2.39 bits per heavy atom. The first kappa shape index (κ1) is 19.0. The van der Waals surface area contributed by atoms with E-state index in [-0.39, 0.29) is 18.5 Å². The molecular weight excluding hydrogens is 292 g/mol. The van der Waals surface area contributed by atoms with E-state index in [1.165, 1.54) is 11.1 Å². The molecule has 0 fully saturated rings. The Morgan fingerprint density at radius 2 is 1.87 bits per heavy atom. The van der Waals surface area contributed by atoms with Gasteiger partial charge in [0.1, 0.15) is 0 Å². The number of carboxylic acid groups (broad SMARTS) is 1. The standard InChI is InChI=1S/C18H28N2O3/c1-4-16(13-15-10-8-14(3)9-11-15)20(5-2)18(23)19-12-6-7-17(21)22/h8-11,16H,4-7,12-13H2,1-3H3,(H,19,23)(H,21,22). The molecule has 0 heterocycles. The summed E-state index contributed by atoms with van der Waals surface area (Å²) in [5.74, 6) is -0.836. The van der Waals surface area contributed by atoms with E-state index in [1.54, 1.807) is 0 Å². The number of hydrogen-bond donors (Lipinski definition) is 2. The fourth-order valence-corrected chi connectivity index (χ4v) is 2.58. The topological polar surface area (TPSA) is 69.6 Å². The third-order valence-electron chi connectivity index (χ3n) is 3.95. The van der Waals surface area contributed by atoms with Crippen molar-refractivity contribution in [1.29, 1.82) is 0 Å². The van der Waals surface area contributed by atoms with Gasteiger partial charge in [0.25, 0.3) is 0 Å². The van der Waals surface area contributed by atoms with Crippen LogP contribution in [0.2, 0.25) is 0 Å². The van der Waals surface area contributed by atoms with Gasteiger partial charge in [0, 0.05) is 25.6 Å². The Morgan fingerprint density at radius 1 is 1.22 bits per heavy atom. The van der Waals surface area contributed by atoms with Crippen LogP contribution in [0.15, 0.2) is 24.3 Å². The number of likely N-dealkylation sites (N-methyl/N-ethyl adjacent to an activating group) is 1. The van der Waals surface area contributed by atoms with Gasteiger partial charge >= 0.3 is 12.0 Å². The second kappa shape index (κ2) is 9.87. The average Bonchev–Trinajstić information content (AvgIpc) is 2.53. The van der Waals surface area contributed by atoms with Crippen LogP contribution in [0.5, 0.6) is 0 Å². The molecule has 1 aromatic carbocycles. The maximum absolute atomic E-state index is 12.3. The molecule has 1 aromatic rings. The molecule has 0 aliphatic rings. The minimum absolute atomic E-state index is 0.0764. The molecule has 0 saturated heterocycles. The Bertz CT molecular complexity index is 499. The first-order chi connectivity index (χ1) is 11.0. The summed E-state index contributed by atoms with van der Waals surface area (Å²) in [7, 11) is 0. The first-order valence-electron chi connectivity index (χ1n) is 8.29. The smallest absolute Gasteiger partial charge is 0.317 e. The number of nitrogens with zero attached hydrogens (tertiary/aromatic N) is 1. The number of hydrogen-bond acceptors (Lipinski definition) is 2. The van der Waals surface area contributed by atoms with E-state index in [1.807, 2.05) is 11.8 Å². The zero-order valence-electron chi connectivity index (χ0n) is 14.3. The van der Waals surface area contributed by atoms with Gasteiger partial charge in [0.15, 0.2) is 0 Å². The van der Waals surface area contributed by atoms with Gasteiger partial charge in [-0.25, -0.2) is 4.79 Å². The van der Waals surface area contributed by atoms with E-state index in [2.05, 4.69) is 43.4 Å². The van der Waals surface area contributed by atoms with Gasteiger partial charge in [-0.15, -0.1) is 0 Å². The van der Waals surface area contributed by atoms with Crippen LogP contribution in [0.25, 0.3) is 0 Å². The first-order valence-corrected chi connectivity index (χ1v) is 8.29. The quantitative estimate of drug-likeness (QED) is 0.686. The maximum Gasteiger partial charge on any atom is 0.317 e. The Kier molecular flexibility index (Phi) is 8.16. The lowest BCUT2D eigenvalue weighted by molar-refractivity contribution is -0.137. The Hall–Kier alpha value is -2.04. The summed E-state index contributed by atoms with van der Waals surface area (Å²) in [4.78, 5) is 24.7. The van der Waals surface area contributed by atoms with Crippen molar-refractivity contribution in [2.75, 3.05) is 13.1 Å². The largest absolute Gasteiger partial charge is 0.481 e. The number of urea groups is 1. The van der Waals surface area contributed by atoms with Gasteiger partial charge in [0.2, 0.25) is 0 Å². The Labute approximate surface area is 138 Å². The van der Waals surface area contributed by atoms with Gasteiger partial charge < -0.3 is 15.3 Å². The van der Waals surface area contributed by atoms with Crippen molar-refractivity contribution in [2.24, 2.45) is 0 Å². The predicted octanol–water partition coefficient (Wildman–Crippen LogP) is 3.21. The third-order valence-corrected chi connectivity index (χ3v) is 3.95. The maximum atomic E-state index is 12.3. The van der Waals surface area contributed by atoms with Crippen LogP contribution >= 0.6 is 0 Å². The molecule has 0 bridgehead atoms. The van der Waals surface area contributed by atoms with Crippen molar-refractivity contribution in [3.8, 4) is 0 Å². The summed E-state index contributed by atoms with van der Waals surface area (Å²) in [6.07, 6.45) is 2.23. The number of carbonyl (C=O) groups excluding carboxylic acids is 1. The summed E-state index contributed by atoms with van der Waals surface area (Å²) >= 11 is 0. The summed E-state index contributed by atoms with van der Waals surface area (Å²) in [5, 5.41) is 11.4. The van der Waals surface area contributed by atoms with E-state index in [0.717, 1.165) is 12.8 Å². The number of aryl methyl sites for hydroxylation is 1. The highest BCUT2D eigenvalue weighted by molar-refractivity contribution is 5.74. The number of aliphatic carboxylic acids is 1. The molecule has 0 radical (unpaired) electrons. The number of carboxylic acids is 1. The van der Waals surface area contributed by atoms with Crippen molar-refractivity contribution in [3.63, 3.8) is 0 Å². The minimum atomic E-state index is -0.836. The summed E-state index contributed by atoms with van der Waals surface area (Å²) in [6, 6.07) is 8.42. The molecule has 0 spiro atoms. The lowest BCUT2D eigenvalue weighted by atomic mass is 10.0. The SMILES string of the molecule is CCC(Cc1ccc(C)cc1)N(CC)C(=O)NCCCC(=O)O. The third kappa shape index (κ3) is 6.72. The summed E-state index contributed by atoms with van der Waals surface area (Å²) < 4.78 is 0. The normalized spacial score (nSPS) is 11.8. The van der Waals surface area contributed by atoms with Crippen molar-refractivity contribution < 1.29 is 14.7 Å². The lowest BCUT2D eigenvalue weighted by Gasteiger charge is -2.30. The lowest BCUT2D eigenvalue weighted by Crippen LogP contribution is -2.47. The summed E-state index contributed by atoms with van der Waals surface area (Å²) in [6.45, 7) is 7.13. The van der Waals surface area contributed by atoms with Gasteiger partial charge in [-0.1, -0.05) is 36.8 Å². The van der Waals surface area contributed by atoms with Crippen molar-refractivity contribution in [3.05, 3.63) is 35.4 Å². The van der Waals surface area contributed by atoms with Crippen LogP contribution in [0.1, 0.15) is 44.2 Å².